The van der Waals surface area contributed by atoms with Crippen LogP contribution in [-0.4, -0.2) is 29.1 Å². The van der Waals surface area contributed by atoms with Crippen molar-refractivity contribution in [2.45, 2.75) is 51.6 Å². The molecule has 3 aromatic rings. The van der Waals surface area contributed by atoms with E-state index in [-0.39, 0.29) is 11.8 Å². The maximum atomic E-state index is 12.8. The molecule has 1 aromatic heterocycles. The Hall–Kier alpha value is -3.02. The molecule has 31 heavy (non-hydrogen) atoms. The lowest BCUT2D eigenvalue weighted by atomic mass is 9.88. The molecular formula is C25H30N4O2. The van der Waals surface area contributed by atoms with E-state index in [0.29, 0.717) is 5.75 Å². The van der Waals surface area contributed by atoms with Crippen molar-refractivity contribution >= 4 is 28.3 Å². The van der Waals surface area contributed by atoms with Crippen LogP contribution in [0.3, 0.4) is 0 Å². The molecule has 0 unspecified atom stereocenters. The number of hydrogen-bond acceptors (Lipinski definition) is 4. The van der Waals surface area contributed by atoms with E-state index in [4.69, 9.17) is 9.72 Å². The highest BCUT2D eigenvalue weighted by atomic mass is 16.5. The summed E-state index contributed by atoms with van der Waals surface area (Å²) in [7, 11) is 1.65. The van der Waals surface area contributed by atoms with Gasteiger partial charge in [0.25, 0.3) is 0 Å². The molecule has 0 atom stereocenters. The average Bonchev–Trinajstić information content (AvgIpc) is 3.02. The second-order valence-electron chi connectivity index (χ2n) is 8.65. The molecular weight excluding hydrogens is 388 g/mol. The van der Waals surface area contributed by atoms with Gasteiger partial charge in [-0.05, 0) is 49.6 Å². The van der Waals surface area contributed by atoms with Crippen molar-refractivity contribution in [1.82, 2.24) is 9.55 Å². The Labute approximate surface area is 183 Å². The van der Waals surface area contributed by atoms with Crippen molar-refractivity contribution in [3.05, 3.63) is 48.3 Å². The zero-order chi connectivity index (χ0) is 21.2. The fourth-order valence-electron chi connectivity index (χ4n) is 4.98. The van der Waals surface area contributed by atoms with E-state index in [2.05, 4.69) is 45.1 Å². The first kappa shape index (κ1) is 19.9. The van der Waals surface area contributed by atoms with Gasteiger partial charge < -0.3 is 19.5 Å². The molecule has 1 N–H and O–H groups in total. The third kappa shape index (κ3) is 3.99. The molecule has 6 heteroatoms. The number of aromatic nitrogens is 2. The third-order valence-electron chi connectivity index (χ3n) is 6.66. The highest BCUT2D eigenvalue weighted by Gasteiger charge is 2.23. The van der Waals surface area contributed by atoms with Gasteiger partial charge in [-0.25, -0.2) is 4.98 Å². The zero-order valence-electron chi connectivity index (χ0n) is 18.1. The first-order valence-electron chi connectivity index (χ1n) is 11.4. The third-order valence-corrected chi connectivity index (χ3v) is 6.66. The topological polar surface area (TPSA) is 59.4 Å². The molecule has 1 fully saturated rings. The first-order valence-corrected chi connectivity index (χ1v) is 11.4. The number of imidazole rings is 1. The minimum atomic E-state index is 0.111. The second-order valence-corrected chi connectivity index (χ2v) is 8.65. The second kappa shape index (κ2) is 8.61. The van der Waals surface area contributed by atoms with E-state index in [0.717, 1.165) is 74.5 Å². The van der Waals surface area contributed by atoms with Crippen LogP contribution in [0.15, 0.2) is 42.5 Å². The van der Waals surface area contributed by atoms with Crippen molar-refractivity contribution in [2.75, 3.05) is 23.9 Å². The molecule has 2 aromatic carbocycles. The van der Waals surface area contributed by atoms with Gasteiger partial charge >= 0.3 is 0 Å². The minimum absolute atomic E-state index is 0.111. The molecule has 1 saturated carbocycles. The van der Waals surface area contributed by atoms with Crippen LogP contribution in [0.1, 0.15) is 44.3 Å². The molecule has 0 saturated heterocycles. The van der Waals surface area contributed by atoms with Crippen molar-refractivity contribution in [2.24, 2.45) is 5.92 Å². The maximum absolute atomic E-state index is 12.8. The van der Waals surface area contributed by atoms with Crippen LogP contribution in [-0.2, 0) is 17.9 Å². The summed E-state index contributed by atoms with van der Waals surface area (Å²) in [6.45, 7) is 2.66. The molecule has 0 spiro atoms. The summed E-state index contributed by atoms with van der Waals surface area (Å²) < 4.78 is 7.88. The molecule has 0 bridgehead atoms. The first-order chi connectivity index (χ1) is 15.2. The van der Waals surface area contributed by atoms with Crippen LogP contribution in [0.25, 0.3) is 11.0 Å². The van der Waals surface area contributed by atoms with Gasteiger partial charge in [-0.1, -0.05) is 31.4 Å². The van der Waals surface area contributed by atoms with E-state index in [1.54, 1.807) is 7.11 Å². The number of nitrogens with zero attached hydrogens (tertiary/aromatic N) is 3. The van der Waals surface area contributed by atoms with Gasteiger partial charge in [0.05, 0.1) is 30.4 Å². The number of amides is 1. The molecule has 5 rings (SSSR count). The lowest BCUT2D eigenvalue weighted by Gasteiger charge is -2.25. The number of anilines is 2. The molecule has 162 valence electrons. The summed E-state index contributed by atoms with van der Waals surface area (Å²) in [5.41, 5.74) is 4.10. The normalized spacial score (nSPS) is 17.3. The predicted molar refractivity (Wildman–Crippen MR) is 124 cm³/mol. The Morgan fingerprint density at radius 1 is 1.06 bits per heavy atom. The average molecular weight is 419 g/mol. The minimum Gasteiger partial charge on any atom is -0.495 e. The number of carbonyl (C=O) groups is 1. The number of benzene rings is 2. The lowest BCUT2D eigenvalue weighted by molar-refractivity contribution is -0.120. The Bertz CT molecular complexity index is 1080. The van der Waals surface area contributed by atoms with Gasteiger partial charge in [-0.2, -0.15) is 0 Å². The fraction of sp³-hybridized carbons (Fsp3) is 0.440. The number of aryl methyl sites for hydroxylation is 1. The summed E-state index contributed by atoms with van der Waals surface area (Å²) in [6, 6.07) is 14.4. The summed E-state index contributed by atoms with van der Waals surface area (Å²) in [5.74, 6) is 2.02. The van der Waals surface area contributed by atoms with E-state index >= 15 is 0 Å². The predicted octanol–water partition coefficient (Wildman–Crippen LogP) is 4.97. The van der Waals surface area contributed by atoms with E-state index < -0.39 is 0 Å². The Kier molecular flexibility index (Phi) is 5.53. The zero-order valence-corrected chi connectivity index (χ0v) is 18.1. The van der Waals surface area contributed by atoms with Gasteiger partial charge in [0, 0.05) is 24.7 Å². The summed E-state index contributed by atoms with van der Waals surface area (Å²) in [6.07, 6.45) is 6.53. The van der Waals surface area contributed by atoms with Crippen LogP contribution in [0, 0.1) is 5.92 Å². The molecule has 1 aliphatic carbocycles. The van der Waals surface area contributed by atoms with Gasteiger partial charge in [0.1, 0.15) is 11.6 Å². The Morgan fingerprint density at radius 3 is 2.74 bits per heavy atom. The molecule has 0 radical (unpaired) electrons. The number of carbonyl (C=O) groups excluding carboxylic acids is 1. The van der Waals surface area contributed by atoms with E-state index in [1.165, 1.54) is 11.9 Å². The summed E-state index contributed by atoms with van der Waals surface area (Å²) in [5, 5.41) is 3.16. The Morgan fingerprint density at radius 2 is 1.90 bits per heavy atom. The molecule has 1 aliphatic heterocycles. The van der Waals surface area contributed by atoms with Gasteiger partial charge in [0.2, 0.25) is 5.91 Å². The van der Waals surface area contributed by atoms with Crippen molar-refractivity contribution < 1.29 is 9.53 Å². The van der Waals surface area contributed by atoms with Gasteiger partial charge in [-0.3, -0.25) is 4.79 Å². The van der Waals surface area contributed by atoms with Crippen molar-refractivity contribution in [3.8, 4) is 5.75 Å². The SMILES string of the molecule is COc1ccc(N2CCCn3c(nc4ccccc43)C2)cc1NC(=O)C1CCCCC1. The van der Waals surface area contributed by atoms with Crippen molar-refractivity contribution in [3.63, 3.8) is 0 Å². The van der Waals surface area contributed by atoms with Crippen LogP contribution >= 0.6 is 0 Å². The van der Waals surface area contributed by atoms with Gasteiger partial charge in [-0.15, -0.1) is 0 Å². The number of methoxy groups -OCH3 is 1. The number of nitrogens with one attached hydrogen (secondary N) is 1. The quantitative estimate of drug-likeness (QED) is 0.650. The van der Waals surface area contributed by atoms with Gasteiger partial charge in [0.15, 0.2) is 0 Å². The number of fused-ring (bicyclic) bond motifs is 3. The van der Waals surface area contributed by atoms with E-state index in [9.17, 15) is 4.79 Å². The molecule has 2 aliphatic rings. The number of rotatable bonds is 4. The maximum Gasteiger partial charge on any atom is 0.227 e. The highest BCUT2D eigenvalue weighted by molar-refractivity contribution is 5.94. The molecule has 2 heterocycles. The van der Waals surface area contributed by atoms with Crippen LogP contribution < -0.4 is 15.0 Å². The number of ether oxygens (including phenoxy) is 1. The fourth-order valence-corrected chi connectivity index (χ4v) is 4.98. The van der Waals surface area contributed by atoms with E-state index in [1.807, 2.05) is 12.1 Å². The van der Waals surface area contributed by atoms with Crippen LogP contribution in [0.5, 0.6) is 5.75 Å². The standard InChI is InChI=1S/C25H30N4O2/c1-31-23-13-12-19(16-21(23)27-25(30)18-8-3-2-4-9-18)28-14-7-15-29-22-11-6-5-10-20(22)26-24(29)17-28/h5-6,10-13,16,18H,2-4,7-9,14-15,17H2,1H3,(H,27,30). The van der Waals surface area contributed by atoms with Crippen LogP contribution in [0.4, 0.5) is 11.4 Å². The molecule has 1 amide bonds. The smallest absolute Gasteiger partial charge is 0.227 e. The molecule has 6 nitrogen and oxygen atoms in total. The number of hydrogen-bond donors (Lipinski definition) is 1. The lowest BCUT2D eigenvalue weighted by Crippen LogP contribution is -2.26. The summed E-state index contributed by atoms with van der Waals surface area (Å²) in [4.78, 5) is 20.1. The van der Waals surface area contributed by atoms with Crippen LogP contribution in [0.2, 0.25) is 0 Å². The largest absolute Gasteiger partial charge is 0.495 e. The Balaban J connectivity index is 1.40. The monoisotopic (exact) mass is 418 g/mol. The number of para-hydroxylation sites is 2. The summed E-state index contributed by atoms with van der Waals surface area (Å²) >= 11 is 0. The highest BCUT2D eigenvalue weighted by Crippen LogP contribution is 2.33. The van der Waals surface area contributed by atoms with Crippen molar-refractivity contribution in [1.29, 1.82) is 0 Å².